The minimum atomic E-state index is -0.233. The number of anilines is 1. The highest BCUT2D eigenvalue weighted by Gasteiger charge is 2.29. The minimum Gasteiger partial charge on any atom is -0.439 e. The molecule has 4 aromatic rings. The molecular weight excluding hydrogens is 482 g/mol. The van der Waals surface area contributed by atoms with Gasteiger partial charge < -0.3 is 10.1 Å². The van der Waals surface area contributed by atoms with E-state index < -0.39 is 0 Å². The predicted octanol–water partition coefficient (Wildman–Crippen LogP) is 5.30. The van der Waals surface area contributed by atoms with Gasteiger partial charge in [-0.3, -0.25) is 9.59 Å². The van der Waals surface area contributed by atoms with Crippen LogP contribution in [0.25, 0.3) is 5.69 Å². The maximum atomic E-state index is 13.5. The van der Waals surface area contributed by atoms with Crippen LogP contribution in [0.5, 0.6) is 11.6 Å². The molecule has 3 aromatic carbocycles. The largest absolute Gasteiger partial charge is 0.439 e. The van der Waals surface area contributed by atoms with Crippen LogP contribution in [0.3, 0.4) is 0 Å². The van der Waals surface area contributed by atoms with Gasteiger partial charge in [0.15, 0.2) is 0 Å². The second-order valence-electron chi connectivity index (χ2n) is 7.88. The lowest BCUT2D eigenvalue weighted by Gasteiger charge is -2.20. The van der Waals surface area contributed by atoms with E-state index in [4.69, 9.17) is 4.74 Å². The van der Waals surface area contributed by atoms with Crippen molar-refractivity contribution >= 4 is 27.5 Å². The molecule has 0 unspecified atom stereocenters. The average molecular weight is 504 g/mol. The molecule has 1 aliphatic rings. The molecular formula is C26H22BrN3O3. The number of para-hydroxylation sites is 2. The summed E-state index contributed by atoms with van der Waals surface area (Å²) in [6.45, 7) is 1.98. The molecule has 0 radical (unpaired) electrons. The molecule has 1 aromatic heterocycles. The van der Waals surface area contributed by atoms with Crippen molar-refractivity contribution in [2.24, 2.45) is 0 Å². The van der Waals surface area contributed by atoms with Crippen molar-refractivity contribution in [3.8, 4) is 17.3 Å². The summed E-state index contributed by atoms with van der Waals surface area (Å²) in [6, 6.07) is 22.7. The summed E-state index contributed by atoms with van der Waals surface area (Å²) in [6.07, 6.45) is 1.24. The lowest BCUT2D eigenvalue weighted by Crippen LogP contribution is -2.27. The number of aromatic nitrogens is 2. The van der Waals surface area contributed by atoms with Gasteiger partial charge in [-0.15, -0.1) is 0 Å². The van der Waals surface area contributed by atoms with Crippen molar-refractivity contribution in [3.05, 3.63) is 104 Å². The van der Waals surface area contributed by atoms with Gasteiger partial charge in [0.2, 0.25) is 11.8 Å². The molecule has 0 fully saturated rings. The first-order valence-electron chi connectivity index (χ1n) is 10.8. The Hall–Kier alpha value is -3.58. The minimum absolute atomic E-state index is 0.0661. The number of rotatable bonds is 5. The maximum absolute atomic E-state index is 13.5. The number of ether oxygens (including phenoxy) is 1. The van der Waals surface area contributed by atoms with E-state index in [2.05, 4.69) is 21.2 Å². The molecule has 0 bridgehead atoms. The van der Waals surface area contributed by atoms with E-state index in [1.807, 2.05) is 79.7 Å². The van der Waals surface area contributed by atoms with E-state index in [1.54, 1.807) is 4.68 Å². The van der Waals surface area contributed by atoms with Gasteiger partial charge >= 0.3 is 0 Å². The summed E-state index contributed by atoms with van der Waals surface area (Å²) in [4.78, 5) is 26.6. The van der Waals surface area contributed by atoms with Crippen molar-refractivity contribution in [3.63, 3.8) is 0 Å². The van der Waals surface area contributed by atoms with Gasteiger partial charge in [0.05, 0.1) is 11.3 Å². The van der Waals surface area contributed by atoms with E-state index in [-0.39, 0.29) is 18.0 Å². The quantitative estimate of drug-likeness (QED) is 0.354. The van der Waals surface area contributed by atoms with Gasteiger partial charge in [-0.1, -0.05) is 59.3 Å². The Labute approximate surface area is 199 Å². The van der Waals surface area contributed by atoms with Crippen LogP contribution in [-0.2, 0) is 24.2 Å². The molecule has 1 aliphatic heterocycles. The number of nitrogens with zero attached hydrogens (tertiary/aromatic N) is 2. The molecule has 6 nitrogen and oxygen atoms in total. The summed E-state index contributed by atoms with van der Waals surface area (Å²) in [5, 5.41) is 2.99. The fraction of sp³-hybridized carbons (Fsp3) is 0.154. The number of aryl methyl sites for hydroxylation is 1. The predicted molar refractivity (Wildman–Crippen MR) is 132 cm³/mol. The zero-order valence-electron chi connectivity index (χ0n) is 18.0. The average Bonchev–Trinajstić information content (AvgIpc) is 3.09. The van der Waals surface area contributed by atoms with Crippen molar-refractivity contribution in [1.29, 1.82) is 0 Å². The first kappa shape index (κ1) is 21.3. The number of hydrogen-bond acceptors (Lipinski definition) is 3. The zero-order valence-corrected chi connectivity index (χ0v) is 19.6. The highest BCUT2D eigenvalue weighted by Crippen LogP contribution is 2.37. The SMILES string of the molecule is CCc1ccccc1NC(=O)Cn1c2c(c(=O)n1-c1ccccc1)Cc1cc(Br)ccc1O2. The number of nitrogens with one attached hydrogen (secondary N) is 1. The van der Waals surface area contributed by atoms with Crippen LogP contribution in [0.15, 0.2) is 82.1 Å². The number of halogens is 1. The number of carbonyl (C=O) groups excluding carboxylic acids is 1. The number of hydrogen-bond donors (Lipinski definition) is 1. The van der Waals surface area contributed by atoms with E-state index in [0.29, 0.717) is 29.3 Å². The Kier molecular flexibility index (Phi) is 5.64. The number of amides is 1. The standard InChI is InChI=1S/C26H22BrN3O3/c1-2-17-8-6-7-11-22(17)28-24(31)16-29-26-21(15-18-14-19(27)12-13-23(18)33-26)25(32)30(29)20-9-4-3-5-10-20/h3-14H,2,15-16H2,1H3,(H,28,31). The Morgan fingerprint density at radius 1 is 1.06 bits per heavy atom. The van der Waals surface area contributed by atoms with Gasteiger partial charge in [0, 0.05) is 22.1 Å². The van der Waals surface area contributed by atoms with Crippen LogP contribution in [0.2, 0.25) is 0 Å². The van der Waals surface area contributed by atoms with Crippen LogP contribution in [0.1, 0.15) is 23.6 Å². The van der Waals surface area contributed by atoms with E-state index in [0.717, 1.165) is 27.7 Å². The van der Waals surface area contributed by atoms with Crippen LogP contribution in [0.4, 0.5) is 5.69 Å². The van der Waals surface area contributed by atoms with Gasteiger partial charge in [-0.05, 0) is 48.4 Å². The topological polar surface area (TPSA) is 65.3 Å². The van der Waals surface area contributed by atoms with Crippen molar-refractivity contribution < 1.29 is 9.53 Å². The number of fused-ring (bicyclic) bond motifs is 2. The molecule has 0 aliphatic carbocycles. The molecule has 1 amide bonds. The van der Waals surface area contributed by atoms with Crippen LogP contribution >= 0.6 is 15.9 Å². The monoisotopic (exact) mass is 503 g/mol. The van der Waals surface area contributed by atoms with Gasteiger partial charge in [-0.25, -0.2) is 9.36 Å². The van der Waals surface area contributed by atoms with Gasteiger partial charge in [-0.2, -0.15) is 0 Å². The molecule has 0 atom stereocenters. The molecule has 0 saturated carbocycles. The molecule has 0 saturated heterocycles. The second kappa shape index (κ2) is 8.75. The first-order chi connectivity index (χ1) is 16.0. The molecule has 0 spiro atoms. The van der Waals surface area contributed by atoms with E-state index in [1.165, 1.54) is 4.68 Å². The summed E-state index contributed by atoms with van der Waals surface area (Å²) >= 11 is 3.48. The zero-order chi connectivity index (χ0) is 22.9. The van der Waals surface area contributed by atoms with Crippen molar-refractivity contribution in [2.75, 3.05) is 5.32 Å². The third-order valence-corrected chi connectivity index (χ3v) is 6.24. The van der Waals surface area contributed by atoms with E-state index in [9.17, 15) is 9.59 Å². The fourth-order valence-corrected chi connectivity index (χ4v) is 4.57. The second-order valence-corrected chi connectivity index (χ2v) is 8.80. The number of benzene rings is 3. The van der Waals surface area contributed by atoms with Crippen LogP contribution in [0, 0.1) is 0 Å². The first-order valence-corrected chi connectivity index (χ1v) is 11.6. The van der Waals surface area contributed by atoms with E-state index >= 15 is 0 Å². The van der Waals surface area contributed by atoms with Crippen LogP contribution in [-0.4, -0.2) is 15.3 Å². The molecule has 1 N–H and O–H groups in total. The van der Waals surface area contributed by atoms with Gasteiger partial charge in [0.25, 0.3) is 5.56 Å². The highest BCUT2D eigenvalue weighted by atomic mass is 79.9. The normalized spacial score (nSPS) is 11.9. The highest BCUT2D eigenvalue weighted by molar-refractivity contribution is 9.10. The molecule has 5 rings (SSSR count). The molecule has 7 heteroatoms. The summed E-state index contributed by atoms with van der Waals surface area (Å²) in [5.41, 5.74) is 3.77. The lowest BCUT2D eigenvalue weighted by atomic mass is 10.0. The Balaban J connectivity index is 1.57. The fourth-order valence-electron chi connectivity index (χ4n) is 4.17. The smallest absolute Gasteiger partial charge is 0.278 e. The maximum Gasteiger partial charge on any atom is 0.278 e. The van der Waals surface area contributed by atoms with Crippen LogP contribution < -0.4 is 15.6 Å². The van der Waals surface area contributed by atoms with Crippen molar-refractivity contribution in [2.45, 2.75) is 26.3 Å². The lowest BCUT2D eigenvalue weighted by molar-refractivity contribution is -0.117. The summed E-state index contributed by atoms with van der Waals surface area (Å²) < 4.78 is 10.3. The summed E-state index contributed by atoms with van der Waals surface area (Å²) in [5.74, 6) is 0.850. The van der Waals surface area contributed by atoms with Crippen molar-refractivity contribution in [1.82, 2.24) is 9.36 Å². The van der Waals surface area contributed by atoms with Gasteiger partial charge in [0.1, 0.15) is 12.3 Å². The third kappa shape index (κ3) is 4.00. The molecule has 166 valence electrons. The number of carbonyl (C=O) groups is 1. The Bertz CT molecular complexity index is 1410. The Morgan fingerprint density at radius 2 is 1.82 bits per heavy atom. The molecule has 2 heterocycles. The summed E-state index contributed by atoms with van der Waals surface area (Å²) in [7, 11) is 0. The molecule has 33 heavy (non-hydrogen) atoms. The third-order valence-electron chi connectivity index (χ3n) is 5.75. The Morgan fingerprint density at radius 3 is 2.61 bits per heavy atom.